The van der Waals surface area contributed by atoms with E-state index in [1.165, 1.54) is 44.6 Å². The average molecular weight is 435 g/mol. The molecule has 30 heavy (non-hydrogen) atoms. The van der Waals surface area contributed by atoms with Crippen LogP contribution in [0.5, 0.6) is 5.75 Å². The maximum Gasteiger partial charge on any atom is 0.262 e. The summed E-state index contributed by atoms with van der Waals surface area (Å²) in [6.07, 6.45) is 8.38. The quantitative estimate of drug-likeness (QED) is 0.644. The van der Waals surface area contributed by atoms with Crippen LogP contribution < -0.4 is 14.8 Å². The summed E-state index contributed by atoms with van der Waals surface area (Å²) >= 11 is 0. The Morgan fingerprint density at radius 2 is 1.83 bits per heavy atom. The number of sulfonamides is 1. The van der Waals surface area contributed by atoms with Gasteiger partial charge in [0.15, 0.2) is 6.61 Å². The number of benzene rings is 1. The molecular weight excluding hydrogens is 404 g/mol. The first kappa shape index (κ1) is 20.3. The number of carbonyl (C=O) groups excluding carboxylic acids is 1. The molecule has 8 heteroatoms. The highest BCUT2D eigenvalue weighted by atomic mass is 32.2. The number of ether oxygens (including phenoxy) is 2. The molecule has 0 saturated heterocycles. The number of aryl methyl sites for hydroxylation is 1. The first-order valence-electron chi connectivity index (χ1n) is 11.0. The molecule has 1 heterocycles. The van der Waals surface area contributed by atoms with Gasteiger partial charge in [-0.15, -0.1) is 0 Å². The van der Waals surface area contributed by atoms with Crippen LogP contribution in [-0.4, -0.2) is 39.7 Å². The van der Waals surface area contributed by atoms with Crippen molar-refractivity contribution in [1.82, 2.24) is 4.72 Å². The number of fused-ring (bicyclic) bond motifs is 1. The van der Waals surface area contributed by atoms with Crippen molar-refractivity contribution in [2.75, 3.05) is 25.1 Å². The lowest BCUT2D eigenvalue weighted by molar-refractivity contribution is -0.162. The van der Waals surface area contributed by atoms with E-state index in [0.29, 0.717) is 36.6 Å². The van der Waals surface area contributed by atoms with Crippen LogP contribution in [0.15, 0.2) is 17.0 Å². The van der Waals surface area contributed by atoms with Crippen LogP contribution in [0, 0.1) is 24.7 Å². The van der Waals surface area contributed by atoms with Gasteiger partial charge in [0.25, 0.3) is 5.91 Å². The van der Waals surface area contributed by atoms with Crippen molar-refractivity contribution in [3.63, 3.8) is 0 Å². The molecule has 0 unspecified atom stereocenters. The summed E-state index contributed by atoms with van der Waals surface area (Å²) in [4.78, 5) is 11.6. The third-order valence-corrected chi connectivity index (χ3v) is 8.81. The summed E-state index contributed by atoms with van der Waals surface area (Å²) in [5.41, 5.74) is 1.13. The van der Waals surface area contributed by atoms with Crippen molar-refractivity contribution in [3.8, 4) is 5.75 Å². The number of carbonyl (C=O) groups is 1. The van der Waals surface area contributed by atoms with E-state index in [4.69, 9.17) is 9.47 Å². The van der Waals surface area contributed by atoms with Crippen LogP contribution in [0.4, 0.5) is 5.69 Å². The molecular formula is C22H30N2O5S. The van der Waals surface area contributed by atoms with Crippen LogP contribution in [0.2, 0.25) is 0 Å². The largest absolute Gasteiger partial charge is 0.482 e. The van der Waals surface area contributed by atoms with Crippen LogP contribution in [0.1, 0.15) is 50.5 Å². The van der Waals surface area contributed by atoms with Gasteiger partial charge in [-0.1, -0.05) is 0 Å². The molecule has 0 spiro atoms. The molecule has 164 valence electrons. The van der Waals surface area contributed by atoms with E-state index in [0.717, 1.165) is 17.8 Å². The van der Waals surface area contributed by atoms with E-state index in [1.54, 1.807) is 13.0 Å². The number of hydrogen-bond acceptors (Lipinski definition) is 5. The van der Waals surface area contributed by atoms with Crippen LogP contribution in [0.25, 0.3) is 0 Å². The molecule has 7 nitrogen and oxygen atoms in total. The first-order valence-corrected chi connectivity index (χ1v) is 12.5. The summed E-state index contributed by atoms with van der Waals surface area (Å²) in [7, 11) is -3.66. The number of rotatable bonds is 7. The Bertz CT molecular complexity index is 923. The smallest absolute Gasteiger partial charge is 0.262 e. The van der Waals surface area contributed by atoms with Crippen molar-refractivity contribution in [1.29, 1.82) is 0 Å². The fourth-order valence-electron chi connectivity index (χ4n) is 6.36. The van der Waals surface area contributed by atoms with E-state index in [1.807, 2.05) is 0 Å². The summed E-state index contributed by atoms with van der Waals surface area (Å²) < 4.78 is 40.0. The minimum absolute atomic E-state index is 0.0600. The zero-order valence-corrected chi connectivity index (χ0v) is 18.2. The van der Waals surface area contributed by atoms with Gasteiger partial charge in [0.05, 0.1) is 16.2 Å². The molecule has 0 aromatic heterocycles. The van der Waals surface area contributed by atoms with Gasteiger partial charge in [0.2, 0.25) is 10.0 Å². The maximum absolute atomic E-state index is 12.8. The van der Waals surface area contributed by atoms with E-state index >= 15 is 0 Å². The highest BCUT2D eigenvalue weighted by Crippen LogP contribution is 2.57. The topological polar surface area (TPSA) is 93.7 Å². The van der Waals surface area contributed by atoms with Gasteiger partial charge in [-0.2, -0.15) is 0 Å². The summed E-state index contributed by atoms with van der Waals surface area (Å²) in [6.45, 7) is 2.53. The van der Waals surface area contributed by atoms with Gasteiger partial charge in [0.1, 0.15) is 5.75 Å². The minimum atomic E-state index is -3.66. The van der Waals surface area contributed by atoms with E-state index in [2.05, 4.69) is 10.0 Å². The molecule has 4 fully saturated rings. The number of hydrogen-bond donors (Lipinski definition) is 2. The van der Waals surface area contributed by atoms with Gasteiger partial charge in [0, 0.05) is 19.2 Å². The van der Waals surface area contributed by atoms with Gasteiger partial charge >= 0.3 is 0 Å². The van der Waals surface area contributed by atoms with Crippen LogP contribution >= 0.6 is 0 Å². The highest BCUT2D eigenvalue weighted by molar-refractivity contribution is 7.89. The number of nitrogens with one attached hydrogen (secondary N) is 2. The lowest BCUT2D eigenvalue weighted by Gasteiger charge is -2.56. The Balaban J connectivity index is 1.16. The fraction of sp³-hybridized carbons (Fsp3) is 0.682. The van der Waals surface area contributed by atoms with E-state index in [-0.39, 0.29) is 23.0 Å². The highest BCUT2D eigenvalue weighted by Gasteiger charge is 2.51. The van der Waals surface area contributed by atoms with E-state index < -0.39 is 10.0 Å². The number of anilines is 1. The molecule has 4 saturated carbocycles. The Morgan fingerprint density at radius 3 is 2.50 bits per heavy atom. The van der Waals surface area contributed by atoms with Crippen molar-refractivity contribution >= 4 is 21.6 Å². The van der Waals surface area contributed by atoms with Gasteiger partial charge in [-0.25, -0.2) is 13.1 Å². The molecule has 1 aromatic rings. The summed E-state index contributed by atoms with van der Waals surface area (Å²) in [5.74, 6) is 2.66. The Hall–Kier alpha value is -1.64. The van der Waals surface area contributed by atoms with Gasteiger partial charge in [-0.3, -0.25) is 4.79 Å². The van der Waals surface area contributed by atoms with Crippen molar-refractivity contribution in [2.45, 2.75) is 62.4 Å². The second-order valence-corrected chi connectivity index (χ2v) is 11.4. The standard InChI is InChI=1S/C22H30N2O5S/c1-14-5-18-19(28-13-21(25)24-18)9-20(14)30(26,27)23-3-2-4-29-22-10-15-6-16(11-22)8-17(7-15)12-22/h5,9,15-17,23H,2-4,6-8,10-13H2,1H3,(H,24,25). The van der Waals surface area contributed by atoms with Gasteiger partial charge in [-0.05, 0) is 81.3 Å². The Morgan fingerprint density at radius 1 is 1.17 bits per heavy atom. The second kappa shape index (κ2) is 7.50. The lowest BCUT2D eigenvalue weighted by Crippen LogP contribution is -2.52. The SMILES string of the molecule is Cc1cc2c(cc1S(=O)(=O)NCCCOC13CC4CC(CC(C4)C1)C3)OCC(=O)N2. The molecule has 0 atom stereocenters. The molecule has 1 aliphatic heterocycles. The summed E-state index contributed by atoms with van der Waals surface area (Å²) in [6, 6.07) is 3.12. The predicted octanol–water partition coefficient (Wildman–Crippen LogP) is 2.98. The fourth-order valence-corrected chi connectivity index (χ4v) is 7.67. The predicted molar refractivity (Wildman–Crippen MR) is 112 cm³/mol. The van der Waals surface area contributed by atoms with Gasteiger partial charge < -0.3 is 14.8 Å². The van der Waals surface area contributed by atoms with Crippen LogP contribution in [0.3, 0.4) is 0 Å². The molecule has 0 radical (unpaired) electrons. The third-order valence-electron chi connectivity index (χ3n) is 7.20. The Kier molecular flexibility index (Phi) is 5.07. The van der Waals surface area contributed by atoms with Crippen molar-refractivity contribution in [3.05, 3.63) is 17.7 Å². The normalized spacial score (nSPS) is 31.9. The van der Waals surface area contributed by atoms with Crippen LogP contribution in [-0.2, 0) is 19.6 Å². The minimum Gasteiger partial charge on any atom is -0.482 e. The lowest BCUT2D eigenvalue weighted by atomic mass is 9.54. The molecule has 2 N–H and O–H groups in total. The zero-order chi connectivity index (χ0) is 20.9. The third kappa shape index (κ3) is 3.85. The zero-order valence-electron chi connectivity index (χ0n) is 17.4. The molecule has 1 aromatic carbocycles. The first-order chi connectivity index (χ1) is 14.3. The molecule has 4 bridgehead atoms. The van der Waals surface area contributed by atoms with Crippen molar-refractivity contribution < 1.29 is 22.7 Å². The summed E-state index contributed by atoms with van der Waals surface area (Å²) in [5, 5.41) is 2.70. The Labute approximate surface area is 177 Å². The average Bonchev–Trinajstić information content (AvgIpc) is 2.65. The molecule has 1 amide bonds. The molecule has 6 rings (SSSR count). The van der Waals surface area contributed by atoms with Crippen molar-refractivity contribution in [2.24, 2.45) is 17.8 Å². The molecule has 5 aliphatic rings. The molecule has 4 aliphatic carbocycles. The maximum atomic E-state index is 12.8. The monoisotopic (exact) mass is 434 g/mol. The van der Waals surface area contributed by atoms with E-state index in [9.17, 15) is 13.2 Å². The second-order valence-electron chi connectivity index (χ2n) is 9.65. The number of amides is 1.